The number of benzene rings is 2. The number of hydrogen-bond acceptors (Lipinski definition) is 4. The molecule has 0 saturated carbocycles. The average molecular weight is 363 g/mol. The van der Waals surface area contributed by atoms with Crippen molar-refractivity contribution < 1.29 is 4.79 Å². The Labute approximate surface area is 159 Å². The van der Waals surface area contributed by atoms with Crippen molar-refractivity contribution in [2.45, 2.75) is 39.8 Å². The Bertz CT molecular complexity index is 871. The SMILES string of the molecule is Cc1ccc(-c2nnn(CC(=O)N[C@H](CC(C)C)c3ccccc3)n2)cc1. The van der Waals surface area contributed by atoms with E-state index < -0.39 is 0 Å². The third-order valence-corrected chi connectivity index (χ3v) is 4.29. The van der Waals surface area contributed by atoms with Crippen LogP contribution in [0.1, 0.15) is 37.4 Å². The van der Waals surface area contributed by atoms with Crippen LogP contribution in [0.15, 0.2) is 54.6 Å². The smallest absolute Gasteiger partial charge is 0.244 e. The summed E-state index contributed by atoms with van der Waals surface area (Å²) in [5.41, 5.74) is 3.16. The van der Waals surface area contributed by atoms with Crippen LogP contribution in [0.4, 0.5) is 0 Å². The second kappa shape index (κ2) is 8.58. The molecule has 0 aliphatic rings. The lowest BCUT2D eigenvalue weighted by Gasteiger charge is -2.21. The maximum Gasteiger partial charge on any atom is 0.244 e. The molecule has 6 heteroatoms. The van der Waals surface area contributed by atoms with Crippen LogP contribution in [-0.2, 0) is 11.3 Å². The van der Waals surface area contributed by atoms with Gasteiger partial charge in [-0.2, -0.15) is 4.80 Å². The molecule has 3 aromatic rings. The van der Waals surface area contributed by atoms with E-state index in [-0.39, 0.29) is 18.5 Å². The van der Waals surface area contributed by atoms with Crippen LogP contribution >= 0.6 is 0 Å². The van der Waals surface area contributed by atoms with Crippen molar-refractivity contribution in [3.05, 3.63) is 65.7 Å². The van der Waals surface area contributed by atoms with Crippen molar-refractivity contribution in [3.8, 4) is 11.4 Å². The van der Waals surface area contributed by atoms with Gasteiger partial charge in [0.2, 0.25) is 11.7 Å². The quantitative estimate of drug-likeness (QED) is 0.697. The normalized spacial score (nSPS) is 12.1. The summed E-state index contributed by atoms with van der Waals surface area (Å²) in [5, 5.41) is 15.5. The van der Waals surface area contributed by atoms with E-state index in [1.54, 1.807) is 0 Å². The Morgan fingerprint density at radius 3 is 2.44 bits per heavy atom. The summed E-state index contributed by atoms with van der Waals surface area (Å²) in [6, 6.07) is 17.9. The summed E-state index contributed by atoms with van der Waals surface area (Å²) in [7, 11) is 0. The van der Waals surface area contributed by atoms with E-state index in [9.17, 15) is 4.79 Å². The van der Waals surface area contributed by atoms with Gasteiger partial charge in [-0.25, -0.2) is 0 Å². The van der Waals surface area contributed by atoms with E-state index in [0.717, 1.165) is 17.5 Å². The third-order valence-electron chi connectivity index (χ3n) is 4.29. The van der Waals surface area contributed by atoms with Crippen LogP contribution in [0.3, 0.4) is 0 Å². The van der Waals surface area contributed by atoms with Crippen LogP contribution in [0, 0.1) is 12.8 Å². The standard InChI is InChI=1S/C21H25N5O/c1-15(2)13-19(17-7-5-4-6-8-17)22-20(27)14-26-24-21(23-25-26)18-11-9-16(3)10-12-18/h4-12,15,19H,13-14H2,1-3H3,(H,22,27)/t19-/m1/s1. The molecule has 0 saturated heterocycles. The van der Waals surface area contributed by atoms with E-state index >= 15 is 0 Å². The number of carbonyl (C=O) groups is 1. The van der Waals surface area contributed by atoms with E-state index in [1.807, 2.05) is 61.5 Å². The number of nitrogens with zero attached hydrogens (tertiary/aromatic N) is 4. The van der Waals surface area contributed by atoms with Gasteiger partial charge in [0.1, 0.15) is 6.54 Å². The summed E-state index contributed by atoms with van der Waals surface area (Å²) in [4.78, 5) is 13.9. The van der Waals surface area contributed by atoms with Crippen molar-refractivity contribution in [2.75, 3.05) is 0 Å². The maximum atomic E-state index is 12.5. The highest BCUT2D eigenvalue weighted by Gasteiger charge is 2.17. The lowest BCUT2D eigenvalue weighted by Crippen LogP contribution is -2.33. The van der Waals surface area contributed by atoms with Gasteiger partial charge in [-0.05, 0) is 30.0 Å². The van der Waals surface area contributed by atoms with Crippen LogP contribution in [0.2, 0.25) is 0 Å². The Balaban J connectivity index is 1.66. The van der Waals surface area contributed by atoms with E-state index in [1.165, 1.54) is 10.4 Å². The Morgan fingerprint density at radius 2 is 1.78 bits per heavy atom. The molecule has 27 heavy (non-hydrogen) atoms. The number of hydrogen-bond donors (Lipinski definition) is 1. The summed E-state index contributed by atoms with van der Waals surface area (Å²) in [6.45, 7) is 6.36. The Morgan fingerprint density at radius 1 is 1.07 bits per heavy atom. The molecule has 0 spiro atoms. The molecule has 0 aliphatic heterocycles. The number of aromatic nitrogens is 4. The average Bonchev–Trinajstić information content (AvgIpc) is 3.10. The minimum Gasteiger partial charge on any atom is -0.348 e. The van der Waals surface area contributed by atoms with Crippen LogP contribution < -0.4 is 5.32 Å². The first-order chi connectivity index (χ1) is 13.0. The second-order valence-electron chi connectivity index (χ2n) is 7.17. The predicted octanol–water partition coefficient (Wildman–Crippen LogP) is 3.55. The minimum atomic E-state index is -0.127. The fourth-order valence-electron chi connectivity index (χ4n) is 2.93. The molecule has 0 radical (unpaired) electrons. The molecule has 140 valence electrons. The molecule has 3 rings (SSSR count). The van der Waals surface area contributed by atoms with E-state index in [0.29, 0.717) is 11.7 Å². The van der Waals surface area contributed by atoms with Crippen molar-refractivity contribution in [1.82, 2.24) is 25.5 Å². The number of aryl methyl sites for hydroxylation is 1. The lowest BCUT2D eigenvalue weighted by atomic mass is 9.97. The molecule has 1 atom stereocenters. The van der Waals surface area contributed by atoms with Gasteiger partial charge in [-0.15, -0.1) is 10.2 Å². The molecular formula is C21H25N5O. The van der Waals surface area contributed by atoms with Gasteiger partial charge in [0.05, 0.1) is 6.04 Å². The van der Waals surface area contributed by atoms with Crippen molar-refractivity contribution in [1.29, 1.82) is 0 Å². The third kappa shape index (κ3) is 5.23. The summed E-state index contributed by atoms with van der Waals surface area (Å²) in [5.74, 6) is 0.857. The van der Waals surface area contributed by atoms with Gasteiger partial charge < -0.3 is 5.32 Å². The van der Waals surface area contributed by atoms with Crippen LogP contribution in [0.5, 0.6) is 0 Å². The van der Waals surface area contributed by atoms with Crippen LogP contribution in [-0.4, -0.2) is 26.1 Å². The van der Waals surface area contributed by atoms with E-state index in [4.69, 9.17) is 0 Å². The monoisotopic (exact) mass is 363 g/mol. The highest BCUT2D eigenvalue weighted by Crippen LogP contribution is 2.21. The molecule has 0 aliphatic carbocycles. The van der Waals surface area contributed by atoms with Crippen molar-refractivity contribution >= 4 is 5.91 Å². The van der Waals surface area contributed by atoms with Gasteiger partial charge in [0.15, 0.2) is 0 Å². The van der Waals surface area contributed by atoms with Gasteiger partial charge in [0, 0.05) is 5.56 Å². The number of nitrogens with one attached hydrogen (secondary N) is 1. The molecule has 0 unspecified atom stereocenters. The van der Waals surface area contributed by atoms with Crippen molar-refractivity contribution in [2.24, 2.45) is 5.92 Å². The number of carbonyl (C=O) groups excluding carboxylic acids is 1. The number of tetrazole rings is 1. The lowest BCUT2D eigenvalue weighted by molar-refractivity contribution is -0.123. The minimum absolute atomic E-state index is 0.0289. The zero-order valence-corrected chi connectivity index (χ0v) is 16.0. The highest BCUT2D eigenvalue weighted by atomic mass is 16.2. The van der Waals surface area contributed by atoms with E-state index in [2.05, 4.69) is 34.6 Å². The molecule has 2 aromatic carbocycles. The Hall–Kier alpha value is -3.02. The first-order valence-electron chi connectivity index (χ1n) is 9.20. The fourth-order valence-corrected chi connectivity index (χ4v) is 2.93. The molecule has 1 aromatic heterocycles. The molecule has 1 N–H and O–H groups in total. The largest absolute Gasteiger partial charge is 0.348 e. The molecule has 1 amide bonds. The predicted molar refractivity (Wildman–Crippen MR) is 105 cm³/mol. The highest BCUT2D eigenvalue weighted by molar-refractivity contribution is 5.76. The van der Waals surface area contributed by atoms with Gasteiger partial charge >= 0.3 is 0 Å². The zero-order valence-electron chi connectivity index (χ0n) is 16.0. The second-order valence-corrected chi connectivity index (χ2v) is 7.17. The summed E-state index contributed by atoms with van der Waals surface area (Å²) < 4.78 is 0. The van der Waals surface area contributed by atoms with Gasteiger partial charge in [-0.1, -0.05) is 74.0 Å². The van der Waals surface area contributed by atoms with Gasteiger partial charge in [-0.3, -0.25) is 4.79 Å². The summed E-state index contributed by atoms with van der Waals surface area (Å²) >= 11 is 0. The van der Waals surface area contributed by atoms with Crippen LogP contribution in [0.25, 0.3) is 11.4 Å². The molecule has 1 heterocycles. The number of amides is 1. The maximum absolute atomic E-state index is 12.5. The Kier molecular flexibility index (Phi) is 5.96. The zero-order chi connectivity index (χ0) is 19.2. The summed E-state index contributed by atoms with van der Waals surface area (Å²) in [6.07, 6.45) is 0.870. The molecular weight excluding hydrogens is 338 g/mol. The first kappa shape index (κ1) is 18.8. The first-order valence-corrected chi connectivity index (χ1v) is 9.20. The molecule has 0 bridgehead atoms. The van der Waals surface area contributed by atoms with Gasteiger partial charge in [0.25, 0.3) is 0 Å². The van der Waals surface area contributed by atoms with Crippen molar-refractivity contribution in [3.63, 3.8) is 0 Å². The molecule has 6 nitrogen and oxygen atoms in total. The number of rotatable bonds is 7. The topological polar surface area (TPSA) is 72.7 Å². The fraction of sp³-hybridized carbons (Fsp3) is 0.333. The molecule has 0 fully saturated rings.